The molecule has 1 fully saturated rings. The van der Waals surface area contributed by atoms with E-state index < -0.39 is 24.5 Å². The molecule has 1 saturated carbocycles. The lowest BCUT2D eigenvalue weighted by molar-refractivity contribution is -0.143. The number of benzene rings is 1. The van der Waals surface area contributed by atoms with Crippen molar-refractivity contribution in [2.45, 2.75) is 18.9 Å². The van der Waals surface area contributed by atoms with E-state index in [1.54, 1.807) is 18.2 Å². The molecule has 1 aliphatic carbocycles. The number of hydrogen-bond acceptors (Lipinski definition) is 6. The standard InChI is InChI=1S/C17H20N2O6/c1-23-13-7-3-11(14(9-13)24-2)4-8-16(21)25-10-15(20)19-17(22)18-12-5-6-12/h3-4,7-9,12H,5-6,10H2,1-2H3,(H2,18,19,20,22)/b8-4+. The van der Waals surface area contributed by atoms with Crippen molar-refractivity contribution in [3.8, 4) is 11.5 Å². The second kappa shape index (κ2) is 8.72. The summed E-state index contributed by atoms with van der Waals surface area (Å²) in [5.41, 5.74) is 0.647. The fourth-order valence-corrected chi connectivity index (χ4v) is 1.91. The Balaban J connectivity index is 1.79. The molecule has 0 saturated heterocycles. The number of rotatable bonds is 7. The summed E-state index contributed by atoms with van der Waals surface area (Å²) in [4.78, 5) is 34.5. The summed E-state index contributed by atoms with van der Waals surface area (Å²) in [5.74, 6) is -0.256. The zero-order chi connectivity index (χ0) is 18.2. The van der Waals surface area contributed by atoms with E-state index in [0.29, 0.717) is 17.1 Å². The van der Waals surface area contributed by atoms with E-state index in [0.717, 1.165) is 12.8 Å². The molecule has 0 aromatic heterocycles. The molecule has 2 rings (SSSR count). The highest BCUT2D eigenvalue weighted by Crippen LogP contribution is 2.25. The van der Waals surface area contributed by atoms with Crippen LogP contribution in [0.15, 0.2) is 24.3 Å². The summed E-state index contributed by atoms with van der Waals surface area (Å²) < 4.78 is 15.1. The molecule has 0 aliphatic heterocycles. The largest absolute Gasteiger partial charge is 0.497 e. The van der Waals surface area contributed by atoms with Gasteiger partial charge in [0.2, 0.25) is 0 Å². The van der Waals surface area contributed by atoms with Crippen molar-refractivity contribution in [3.63, 3.8) is 0 Å². The van der Waals surface area contributed by atoms with Crippen LogP contribution in [0, 0.1) is 0 Å². The molecule has 0 spiro atoms. The van der Waals surface area contributed by atoms with Gasteiger partial charge in [-0.2, -0.15) is 0 Å². The Morgan fingerprint density at radius 3 is 2.60 bits per heavy atom. The minimum Gasteiger partial charge on any atom is -0.497 e. The first-order valence-electron chi connectivity index (χ1n) is 7.69. The third-order valence-corrected chi connectivity index (χ3v) is 3.35. The molecular formula is C17H20N2O6. The Hall–Kier alpha value is -3.03. The third kappa shape index (κ3) is 6.17. The van der Waals surface area contributed by atoms with Crippen LogP contribution in [-0.2, 0) is 14.3 Å². The lowest BCUT2D eigenvalue weighted by atomic mass is 10.2. The molecule has 8 heteroatoms. The quantitative estimate of drug-likeness (QED) is 0.568. The predicted octanol–water partition coefficient (Wildman–Crippen LogP) is 1.25. The fourth-order valence-electron chi connectivity index (χ4n) is 1.91. The molecule has 25 heavy (non-hydrogen) atoms. The van der Waals surface area contributed by atoms with Crippen LogP contribution in [-0.4, -0.2) is 44.8 Å². The maximum absolute atomic E-state index is 11.7. The SMILES string of the molecule is COc1ccc(/C=C/C(=O)OCC(=O)NC(=O)NC2CC2)c(OC)c1. The van der Waals surface area contributed by atoms with Gasteiger partial charge in [0.1, 0.15) is 11.5 Å². The monoisotopic (exact) mass is 348 g/mol. The summed E-state index contributed by atoms with van der Waals surface area (Å²) in [6, 6.07) is 4.67. The number of carbonyl (C=O) groups excluding carboxylic acids is 3. The Morgan fingerprint density at radius 1 is 1.20 bits per heavy atom. The topological polar surface area (TPSA) is 103 Å². The van der Waals surface area contributed by atoms with E-state index >= 15 is 0 Å². The van der Waals surface area contributed by atoms with E-state index in [4.69, 9.17) is 14.2 Å². The number of urea groups is 1. The van der Waals surface area contributed by atoms with Crippen LogP contribution in [0.4, 0.5) is 4.79 Å². The molecule has 3 amide bonds. The van der Waals surface area contributed by atoms with Gasteiger partial charge in [-0.3, -0.25) is 10.1 Å². The Bertz CT molecular complexity index is 682. The lowest BCUT2D eigenvalue weighted by Crippen LogP contribution is -2.42. The van der Waals surface area contributed by atoms with Crippen LogP contribution in [0.1, 0.15) is 18.4 Å². The smallest absolute Gasteiger partial charge is 0.331 e. The number of hydrogen-bond donors (Lipinski definition) is 2. The van der Waals surface area contributed by atoms with Gasteiger partial charge in [0.05, 0.1) is 14.2 Å². The van der Waals surface area contributed by atoms with E-state index in [9.17, 15) is 14.4 Å². The maximum Gasteiger partial charge on any atom is 0.331 e. The second-order valence-corrected chi connectivity index (χ2v) is 5.34. The summed E-state index contributed by atoms with van der Waals surface area (Å²) in [5, 5.41) is 4.68. The van der Waals surface area contributed by atoms with Gasteiger partial charge in [-0.25, -0.2) is 9.59 Å². The van der Waals surface area contributed by atoms with Crippen LogP contribution in [0.2, 0.25) is 0 Å². The van der Waals surface area contributed by atoms with Crippen molar-refractivity contribution in [2.24, 2.45) is 0 Å². The highest BCUT2D eigenvalue weighted by atomic mass is 16.5. The van der Waals surface area contributed by atoms with Crippen LogP contribution < -0.4 is 20.1 Å². The Labute approximate surface area is 145 Å². The van der Waals surface area contributed by atoms with Crippen LogP contribution in [0.5, 0.6) is 11.5 Å². The van der Waals surface area contributed by atoms with Gasteiger partial charge >= 0.3 is 12.0 Å². The minimum atomic E-state index is -0.712. The molecular weight excluding hydrogens is 328 g/mol. The molecule has 134 valence electrons. The second-order valence-electron chi connectivity index (χ2n) is 5.34. The third-order valence-electron chi connectivity index (χ3n) is 3.35. The van der Waals surface area contributed by atoms with Crippen molar-refractivity contribution < 1.29 is 28.6 Å². The lowest BCUT2D eigenvalue weighted by Gasteiger charge is -2.07. The van der Waals surface area contributed by atoms with Crippen LogP contribution in [0.3, 0.4) is 0 Å². The first-order chi connectivity index (χ1) is 12.0. The van der Waals surface area contributed by atoms with Crippen molar-refractivity contribution in [1.82, 2.24) is 10.6 Å². The summed E-state index contributed by atoms with van der Waals surface area (Å²) in [6.07, 6.45) is 4.49. The summed E-state index contributed by atoms with van der Waals surface area (Å²) in [7, 11) is 3.04. The van der Waals surface area contributed by atoms with Gasteiger partial charge in [-0.05, 0) is 31.1 Å². The zero-order valence-corrected chi connectivity index (χ0v) is 14.0. The average molecular weight is 348 g/mol. The molecule has 1 aliphatic rings. The minimum absolute atomic E-state index is 0.137. The van der Waals surface area contributed by atoms with Gasteiger partial charge < -0.3 is 19.5 Å². The van der Waals surface area contributed by atoms with Crippen molar-refractivity contribution in [3.05, 3.63) is 29.8 Å². The van der Waals surface area contributed by atoms with Gasteiger partial charge in [0.15, 0.2) is 6.61 Å². The van der Waals surface area contributed by atoms with Crippen molar-refractivity contribution in [2.75, 3.05) is 20.8 Å². The first kappa shape index (κ1) is 18.3. The van der Waals surface area contributed by atoms with Crippen LogP contribution >= 0.6 is 0 Å². The van der Waals surface area contributed by atoms with Crippen molar-refractivity contribution >= 4 is 24.0 Å². The maximum atomic E-state index is 11.7. The molecule has 0 unspecified atom stereocenters. The predicted molar refractivity (Wildman–Crippen MR) is 89.2 cm³/mol. The molecule has 0 heterocycles. The number of methoxy groups -OCH3 is 2. The average Bonchev–Trinajstić information content (AvgIpc) is 3.41. The zero-order valence-electron chi connectivity index (χ0n) is 14.0. The molecule has 0 radical (unpaired) electrons. The number of nitrogens with one attached hydrogen (secondary N) is 2. The van der Waals surface area contributed by atoms with Gasteiger partial charge in [0, 0.05) is 23.7 Å². The fraction of sp³-hybridized carbons (Fsp3) is 0.353. The van der Waals surface area contributed by atoms with E-state index in [1.807, 2.05) is 0 Å². The number of esters is 1. The molecule has 8 nitrogen and oxygen atoms in total. The molecule has 0 atom stereocenters. The van der Waals surface area contributed by atoms with Crippen molar-refractivity contribution in [1.29, 1.82) is 0 Å². The van der Waals surface area contributed by atoms with Gasteiger partial charge in [-0.1, -0.05) is 0 Å². The molecule has 0 bridgehead atoms. The molecule has 2 N–H and O–H groups in total. The highest BCUT2D eigenvalue weighted by Gasteiger charge is 2.23. The molecule has 1 aromatic rings. The number of carbonyl (C=O) groups is 3. The number of amides is 3. The first-order valence-corrected chi connectivity index (χ1v) is 7.69. The van der Waals surface area contributed by atoms with Crippen LogP contribution in [0.25, 0.3) is 6.08 Å². The summed E-state index contributed by atoms with van der Waals surface area (Å²) in [6.45, 7) is -0.541. The van der Waals surface area contributed by atoms with Gasteiger partial charge in [0.25, 0.3) is 5.91 Å². The van der Waals surface area contributed by atoms with E-state index in [2.05, 4.69) is 10.6 Å². The normalized spacial score (nSPS) is 13.2. The van der Waals surface area contributed by atoms with E-state index in [-0.39, 0.29) is 6.04 Å². The molecule has 1 aromatic carbocycles. The highest BCUT2D eigenvalue weighted by molar-refractivity contribution is 5.96. The Kier molecular flexibility index (Phi) is 6.39. The number of ether oxygens (including phenoxy) is 3. The summed E-state index contributed by atoms with van der Waals surface area (Å²) >= 11 is 0. The number of imide groups is 1. The van der Waals surface area contributed by atoms with Gasteiger partial charge in [-0.15, -0.1) is 0 Å². The van der Waals surface area contributed by atoms with E-state index in [1.165, 1.54) is 26.4 Å². The Morgan fingerprint density at radius 2 is 1.96 bits per heavy atom.